The molecule has 0 amide bonds. The normalized spacial score (nSPS) is 10.2. The number of nitrogens with zero attached hydrogens (tertiary/aromatic N) is 2. The third kappa shape index (κ3) is 1.20. The number of aryl methyl sites for hydroxylation is 1. The summed E-state index contributed by atoms with van der Waals surface area (Å²) in [5, 5.41) is 0. The summed E-state index contributed by atoms with van der Waals surface area (Å²) >= 11 is 0. The number of hydrogen-bond acceptors (Lipinski definition) is 3. The maximum Gasteiger partial charge on any atom is 0.258 e. The van der Waals surface area contributed by atoms with Crippen molar-refractivity contribution in [2.24, 2.45) is 7.05 Å². The van der Waals surface area contributed by atoms with Crippen molar-refractivity contribution in [1.29, 1.82) is 0 Å². The van der Waals surface area contributed by atoms with E-state index in [2.05, 4.69) is 4.98 Å². The second-order valence-corrected chi connectivity index (χ2v) is 2.75. The topological polar surface area (TPSA) is 60.9 Å². The van der Waals surface area contributed by atoms with E-state index in [0.717, 1.165) is 11.3 Å². The van der Waals surface area contributed by atoms with Crippen molar-refractivity contribution in [2.75, 3.05) is 5.73 Å². The maximum absolute atomic E-state index is 11.5. The fourth-order valence-corrected chi connectivity index (χ4v) is 1.18. The Balaban J connectivity index is 3.52. The van der Waals surface area contributed by atoms with E-state index >= 15 is 0 Å². The van der Waals surface area contributed by atoms with Crippen LogP contribution in [-0.4, -0.2) is 9.55 Å². The molecule has 4 heteroatoms. The summed E-state index contributed by atoms with van der Waals surface area (Å²) in [6.07, 6.45) is 0.700. The van der Waals surface area contributed by atoms with Gasteiger partial charge in [-0.25, -0.2) is 4.98 Å². The summed E-state index contributed by atoms with van der Waals surface area (Å²) in [7, 11) is 1.63. The smallest absolute Gasteiger partial charge is 0.258 e. The first-order valence-corrected chi connectivity index (χ1v) is 3.90. The molecule has 0 bridgehead atoms. The zero-order chi connectivity index (χ0) is 9.30. The van der Waals surface area contributed by atoms with Crippen LogP contribution < -0.4 is 11.3 Å². The van der Waals surface area contributed by atoms with Gasteiger partial charge in [-0.3, -0.25) is 9.36 Å². The van der Waals surface area contributed by atoms with E-state index in [9.17, 15) is 4.79 Å². The van der Waals surface area contributed by atoms with E-state index in [0.29, 0.717) is 6.42 Å². The van der Waals surface area contributed by atoms with Gasteiger partial charge in [-0.15, -0.1) is 0 Å². The minimum absolute atomic E-state index is 0.0394. The summed E-state index contributed by atoms with van der Waals surface area (Å²) in [5.41, 5.74) is 6.93. The van der Waals surface area contributed by atoms with Gasteiger partial charge in [0.2, 0.25) is 5.95 Å². The van der Waals surface area contributed by atoms with Crippen LogP contribution in [0.3, 0.4) is 0 Å². The molecule has 1 heterocycles. The average Bonchev–Trinajstić information content (AvgIpc) is 2.01. The van der Waals surface area contributed by atoms with E-state index in [-0.39, 0.29) is 11.5 Å². The molecule has 1 aromatic rings. The van der Waals surface area contributed by atoms with Crippen LogP contribution in [0.5, 0.6) is 0 Å². The van der Waals surface area contributed by atoms with Crippen LogP contribution >= 0.6 is 0 Å². The molecule has 12 heavy (non-hydrogen) atoms. The molecule has 0 radical (unpaired) electrons. The van der Waals surface area contributed by atoms with E-state index in [1.54, 1.807) is 14.0 Å². The molecule has 0 fully saturated rings. The highest BCUT2D eigenvalue weighted by atomic mass is 16.1. The van der Waals surface area contributed by atoms with Crippen LogP contribution in [0.1, 0.15) is 18.2 Å². The Morgan fingerprint density at radius 1 is 1.58 bits per heavy atom. The van der Waals surface area contributed by atoms with Crippen molar-refractivity contribution in [1.82, 2.24) is 9.55 Å². The molecule has 0 saturated heterocycles. The number of hydrogen-bond donors (Lipinski definition) is 1. The molecule has 0 saturated carbocycles. The van der Waals surface area contributed by atoms with Crippen LogP contribution in [0, 0.1) is 6.92 Å². The zero-order valence-corrected chi connectivity index (χ0v) is 7.59. The number of nitrogens with two attached hydrogens (primary N) is 1. The maximum atomic E-state index is 11.5. The van der Waals surface area contributed by atoms with Gasteiger partial charge in [0, 0.05) is 18.3 Å². The minimum Gasteiger partial charge on any atom is -0.369 e. The highest BCUT2D eigenvalue weighted by Crippen LogP contribution is 2.01. The lowest BCUT2D eigenvalue weighted by atomic mass is 10.2. The lowest BCUT2D eigenvalue weighted by molar-refractivity contribution is 0.802. The van der Waals surface area contributed by atoms with Crippen molar-refractivity contribution in [3.63, 3.8) is 0 Å². The second kappa shape index (κ2) is 2.97. The molecule has 0 aromatic carbocycles. The van der Waals surface area contributed by atoms with Crippen molar-refractivity contribution in [3.05, 3.63) is 21.6 Å². The monoisotopic (exact) mass is 167 g/mol. The third-order valence-corrected chi connectivity index (χ3v) is 1.98. The van der Waals surface area contributed by atoms with Crippen LogP contribution in [0.2, 0.25) is 0 Å². The molecular weight excluding hydrogens is 154 g/mol. The van der Waals surface area contributed by atoms with Gasteiger partial charge < -0.3 is 5.73 Å². The summed E-state index contributed by atoms with van der Waals surface area (Å²) < 4.78 is 1.37. The first kappa shape index (κ1) is 8.77. The Morgan fingerprint density at radius 3 is 2.67 bits per heavy atom. The van der Waals surface area contributed by atoms with E-state index < -0.39 is 0 Å². The standard InChI is InChI=1S/C8H13N3O/c1-4-6-5(2)10-8(9)11(3)7(6)12/h4H2,1-3H3,(H2,9,10). The lowest BCUT2D eigenvalue weighted by Gasteiger charge is -2.06. The molecule has 0 spiro atoms. The number of nitrogen functional groups attached to an aromatic ring is 1. The molecule has 4 nitrogen and oxygen atoms in total. The molecule has 0 aliphatic carbocycles. The Kier molecular flexibility index (Phi) is 2.17. The number of anilines is 1. The summed E-state index contributed by atoms with van der Waals surface area (Å²) in [5.74, 6) is 0.273. The van der Waals surface area contributed by atoms with E-state index in [4.69, 9.17) is 5.73 Å². The van der Waals surface area contributed by atoms with Gasteiger partial charge >= 0.3 is 0 Å². The van der Waals surface area contributed by atoms with Crippen LogP contribution in [0.15, 0.2) is 4.79 Å². The highest BCUT2D eigenvalue weighted by molar-refractivity contribution is 5.26. The molecule has 2 N–H and O–H groups in total. The summed E-state index contributed by atoms with van der Waals surface area (Å²) in [6.45, 7) is 3.73. The van der Waals surface area contributed by atoms with Crippen LogP contribution in [0.4, 0.5) is 5.95 Å². The van der Waals surface area contributed by atoms with Crippen molar-refractivity contribution >= 4 is 5.95 Å². The summed E-state index contributed by atoms with van der Waals surface area (Å²) in [4.78, 5) is 15.5. The highest BCUT2D eigenvalue weighted by Gasteiger charge is 2.06. The van der Waals surface area contributed by atoms with Gasteiger partial charge in [0.25, 0.3) is 5.56 Å². The minimum atomic E-state index is -0.0394. The van der Waals surface area contributed by atoms with Gasteiger partial charge in [0.15, 0.2) is 0 Å². The molecular formula is C8H13N3O. The van der Waals surface area contributed by atoms with Crippen LogP contribution in [-0.2, 0) is 13.5 Å². The van der Waals surface area contributed by atoms with Gasteiger partial charge in [-0.05, 0) is 13.3 Å². The molecule has 0 aliphatic rings. The average molecular weight is 167 g/mol. The number of rotatable bonds is 1. The van der Waals surface area contributed by atoms with Gasteiger partial charge in [0.1, 0.15) is 0 Å². The van der Waals surface area contributed by atoms with Crippen LogP contribution in [0.25, 0.3) is 0 Å². The molecule has 0 unspecified atom stereocenters. The number of aromatic nitrogens is 2. The van der Waals surface area contributed by atoms with Gasteiger partial charge in [0.05, 0.1) is 0 Å². The van der Waals surface area contributed by atoms with Gasteiger partial charge in [-0.2, -0.15) is 0 Å². The summed E-state index contributed by atoms with van der Waals surface area (Å²) in [6, 6.07) is 0. The Hall–Kier alpha value is -1.32. The second-order valence-electron chi connectivity index (χ2n) is 2.75. The first-order chi connectivity index (χ1) is 5.57. The lowest BCUT2D eigenvalue weighted by Crippen LogP contribution is -2.26. The molecule has 66 valence electrons. The Labute approximate surface area is 71.0 Å². The predicted molar refractivity (Wildman–Crippen MR) is 48.0 cm³/mol. The largest absolute Gasteiger partial charge is 0.369 e. The Bertz CT molecular complexity index is 354. The first-order valence-electron chi connectivity index (χ1n) is 3.90. The molecule has 1 rings (SSSR count). The zero-order valence-electron chi connectivity index (χ0n) is 7.59. The van der Waals surface area contributed by atoms with E-state index in [1.807, 2.05) is 6.92 Å². The Morgan fingerprint density at radius 2 is 2.17 bits per heavy atom. The van der Waals surface area contributed by atoms with Gasteiger partial charge in [-0.1, -0.05) is 6.92 Å². The molecule has 0 atom stereocenters. The quantitative estimate of drug-likeness (QED) is 0.651. The van der Waals surface area contributed by atoms with Crippen molar-refractivity contribution in [2.45, 2.75) is 20.3 Å². The molecule has 1 aromatic heterocycles. The third-order valence-electron chi connectivity index (χ3n) is 1.98. The van der Waals surface area contributed by atoms with Crippen molar-refractivity contribution in [3.8, 4) is 0 Å². The van der Waals surface area contributed by atoms with Crippen molar-refractivity contribution < 1.29 is 0 Å². The predicted octanol–water partition coefficient (Wildman–Crippen LogP) is 0.233. The fraction of sp³-hybridized carbons (Fsp3) is 0.500. The van der Waals surface area contributed by atoms with E-state index in [1.165, 1.54) is 4.57 Å². The fourth-order valence-electron chi connectivity index (χ4n) is 1.18. The molecule has 0 aliphatic heterocycles. The SMILES string of the molecule is CCc1c(C)nc(N)n(C)c1=O.